The van der Waals surface area contributed by atoms with Crippen LogP contribution in [0.2, 0.25) is 0 Å². The normalized spacial score (nSPS) is 28.5. The van der Waals surface area contributed by atoms with Crippen LogP contribution in [0.3, 0.4) is 0 Å². The van der Waals surface area contributed by atoms with Crippen molar-refractivity contribution >= 4 is 24.8 Å². The summed E-state index contributed by atoms with van der Waals surface area (Å²) in [6.45, 7) is 15.0. The average Bonchev–Trinajstić information content (AvgIpc) is 3.24. The first-order valence-electron chi connectivity index (χ1n) is 15.2. The zero-order valence-corrected chi connectivity index (χ0v) is 25.9. The van der Waals surface area contributed by atoms with Crippen molar-refractivity contribution in [3.05, 3.63) is 21.8 Å². The molecule has 0 aromatic carbocycles. The van der Waals surface area contributed by atoms with E-state index < -0.39 is 18.1 Å². The molecule has 3 saturated carbocycles. The Kier molecular flexibility index (Phi) is 11.0. The van der Waals surface area contributed by atoms with E-state index in [1.165, 1.54) is 0 Å². The number of carbonyl (C=O) groups excluding carboxylic acids is 2. The van der Waals surface area contributed by atoms with Crippen molar-refractivity contribution in [3.8, 4) is 0 Å². The number of Topliss-reactive ketones (excluding diaryl/α,β-unsaturated/α-hetero) is 1. The molecule has 3 aliphatic carbocycles. The maximum atomic E-state index is 13.8. The fraction of sp³-hybridized carbons (Fsp3) is 0.828. The van der Waals surface area contributed by atoms with Crippen LogP contribution in [0.4, 0.5) is 0 Å². The molecule has 12 heteroatoms. The zero-order valence-electron chi connectivity index (χ0n) is 25.9. The Labute approximate surface area is 245 Å². The third-order valence-corrected chi connectivity index (χ3v) is 9.53. The van der Waals surface area contributed by atoms with Crippen LogP contribution in [0, 0.1) is 39.2 Å². The van der Waals surface area contributed by atoms with E-state index >= 15 is 0 Å². The maximum Gasteiger partial charge on any atom is 0.481 e. The summed E-state index contributed by atoms with van der Waals surface area (Å²) in [6, 6.07) is 0. The van der Waals surface area contributed by atoms with Gasteiger partial charge in [0.2, 0.25) is 5.91 Å². The Hall–Kier alpha value is -2.47. The molecule has 41 heavy (non-hydrogen) atoms. The van der Waals surface area contributed by atoms with Gasteiger partial charge in [0.15, 0.2) is 10.8 Å². The molecular weight excluding hydrogens is 525 g/mol. The van der Waals surface area contributed by atoms with Crippen LogP contribution >= 0.6 is 0 Å². The van der Waals surface area contributed by atoms with Gasteiger partial charge in [0.1, 0.15) is 0 Å². The first-order valence-corrected chi connectivity index (χ1v) is 15.2. The van der Waals surface area contributed by atoms with Crippen LogP contribution < -0.4 is 16.5 Å². The number of guanidine groups is 1. The van der Waals surface area contributed by atoms with E-state index in [1.54, 1.807) is 6.92 Å². The molecule has 4 rings (SSSR count). The second-order valence-corrected chi connectivity index (χ2v) is 13.4. The van der Waals surface area contributed by atoms with Crippen LogP contribution in [0.1, 0.15) is 99.8 Å². The third-order valence-electron chi connectivity index (χ3n) is 9.53. The van der Waals surface area contributed by atoms with Crippen molar-refractivity contribution in [3.63, 3.8) is 0 Å². The molecule has 1 amide bonds. The quantitative estimate of drug-likeness (QED) is 0.0503. The molecule has 0 aromatic heterocycles. The predicted molar refractivity (Wildman–Crippen MR) is 159 cm³/mol. The van der Waals surface area contributed by atoms with Gasteiger partial charge in [0.25, 0.3) is 5.96 Å². The van der Waals surface area contributed by atoms with E-state index in [-0.39, 0.29) is 53.7 Å². The second-order valence-electron chi connectivity index (χ2n) is 13.4. The number of nitrogens with one attached hydrogen (secondary N) is 2. The SMILES string of the molecule is CCC/C=C(\C)C(=O)C[C@@H](CCCN=C(N)N[N+](=O)[O-])C(=O)N[C@@H](CC(C)C)B1O[C@@H]2C[C@@H]3C[C@@H](C3(C)C)[C@]2(C)O1. The number of hydrazine groups is 1. The third kappa shape index (κ3) is 7.88. The summed E-state index contributed by atoms with van der Waals surface area (Å²) in [5, 5.41) is 13.0. The molecule has 4 N–H and O–H groups in total. The van der Waals surface area contributed by atoms with Crippen molar-refractivity contribution in [2.75, 3.05) is 6.54 Å². The van der Waals surface area contributed by atoms with Gasteiger partial charge >= 0.3 is 7.12 Å². The molecular formula is C29H50BN5O6. The van der Waals surface area contributed by atoms with Gasteiger partial charge in [0, 0.05) is 18.9 Å². The monoisotopic (exact) mass is 575 g/mol. The van der Waals surface area contributed by atoms with E-state index in [0.717, 1.165) is 25.7 Å². The van der Waals surface area contributed by atoms with Crippen LogP contribution in [0.5, 0.6) is 0 Å². The number of aliphatic imine (C=N–C) groups is 1. The van der Waals surface area contributed by atoms with E-state index in [2.05, 4.69) is 44.9 Å². The summed E-state index contributed by atoms with van der Waals surface area (Å²) in [5.74, 6) is -0.184. The fourth-order valence-electron chi connectivity index (χ4n) is 6.97. The highest BCUT2D eigenvalue weighted by atomic mass is 16.7. The van der Waals surface area contributed by atoms with Crippen molar-refractivity contribution in [2.45, 2.75) is 117 Å². The number of rotatable bonds is 15. The van der Waals surface area contributed by atoms with Gasteiger partial charge in [0.05, 0.1) is 17.6 Å². The lowest BCUT2D eigenvalue weighted by Gasteiger charge is -2.64. The Balaban J connectivity index is 1.72. The smallest absolute Gasteiger partial charge is 0.404 e. The topological polar surface area (TPSA) is 158 Å². The summed E-state index contributed by atoms with van der Waals surface area (Å²) in [7, 11) is -0.549. The molecule has 0 unspecified atom stereocenters. The van der Waals surface area contributed by atoms with Crippen LogP contribution in [0.25, 0.3) is 0 Å². The number of hydrogen-bond donors (Lipinski definition) is 3. The predicted octanol–water partition coefficient (Wildman–Crippen LogP) is 3.98. The van der Waals surface area contributed by atoms with E-state index in [0.29, 0.717) is 42.6 Å². The molecule has 0 aromatic rings. The summed E-state index contributed by atoms with van der Waals surface area (Å²) in [6.07, 6.45) is 7.35. The summed E-state index contributed by atoms with van der Waals surface area (Å²) >= 11 is 0. The van der Waals surface area contributed by atoms with E-state index in [1.807, 2.05) is 18.4 Å². The van der Waals surface area contributed by atoms with Gasteiger partial charge in [-0.15, -0.1) is 0 Å². The van der Waals surface area contributed by atoms with Crippen molar-refractivity contribution < 1.29 is 23.9 Å². The zero-order chi connectivity index (χ0) is 30.5. The Morgan fingerprint density at radius 1 is 1.27 bits per heavy atom. The number of ketones is 1. The molecule has 1 heterocycles. The molecule has 1 saturated heterocycles. The second kappa shape index (κ2) is 13.7. The molecule has 230 valence electrons. The van der Waals surface area contributed by atoms with Gasteiger partial charge in [-0.3, -0.25) is 9.59 Å². The number of carbonyl (C=O) groups is 2. The highest BCUT2D eigenvalue weighted by Gasteiger charge is 2.68. The van der Waals surface area contributed by atoms with Crippen LogP contribution in [0.15, 0.2) is 16.6 Å². The largest absolute Gasteiger partial charge is 0.481 e. The lowest BCUT2D eigenvalue weighted by molar-refractivity contribution is -0.525. The number of nitrogens with zero attached hydrogens (tertiary/aromatic N) is 2. The number of amides is 1. The first-order chi connectivity index (χ1) is 19.2. The van der Waals surface area contributed by atoms with Crippen molar-refractivity contribution in [1.82, 2.24) is 10.7 Å². The lowest BCUT2D eigenvalue weighted by atomic mass is 9.43. The van der Waals surface area contributed by atoms with Crippen molar-refractivity contribution in [2.24, 2.45) is 39.8 Å². The standard InChI is InChI=1S/C29H50BN5O6/c1-8-9-11-19(4)22(36)15-20(12-10-13-32-27(31)34-35(38)39)26(37)33-25(14-18(2)3)30-40-24-17-21-16-23(28(21,5)6)29(24,7)41-30/h11,18,20-21,23-25H,8-10,12-17H2,1-7H3,(H,33,37)(H3,31,32,34)/b19-11+/t20-,21+,23+,24-,25+,29+/m1/s1. The van der Waals surface area contributed by atoms with Crippen LogP contribution in [-0.2, 0) is 18.9 Å². The van der Waals surface area contributed by atoms with Gasteiger partial charge in [-0.05, 0) is 81.1 Å². The average molecular weight is 576 g/mol. The lowest BCUT2D eigenvalue weighted by Crippen LogP contribution is -2.65. The Bertz CT molecular complexity index is 1030. The number of unbranched alkanes of at least 4 members (excludes halogenated alkanes) is 1. The molecule has 0 spiro atoms. The van der Waals surface area contributed by atoms with Gasteiger partial charge < -0.3 is 20.4 Å². The Morgan fingerprint density at radius 3 is 2.59 bits per heavy atom. The molecule has 0 radical (unpaired) electrons. The maximum absolute atomic E-state index is 13.8. The minimum Gasteiger partial charge on any atom is -0.404 e. The highest BCUT2D eigenvalue weighted by molar-refractivity contribution is 6.47. The number of hydrogen-bond acceptors (Lipinski definition) is 7. The molecule has 1 aliphatic heterocycles. The molecule has 2 bridgehead atoms. The summed E-state index contributed by atoms with van der Waals surface area (Å²) < 4.78 is 13.2. The molecule has 11 nitrogen and oxygen atoms in total. The van der Waals surface area contributed by atoms with Gasteiger partial charge in [-0.2, -0.15) is 0 Å². The molecule has 4 aliphatic rings. The summed E-state index contributed by atoms with van der Waals surface area (Å²) in [4.78, 5) is 41.3. The molecule has 4 fully saturated rings. The molecule has 6 atom stereocenters. The summed E-state index contributed by atoms with van der Waals surface area (Å²) in [5.41, 5.74) is 7.82. The van der Waals surface area contributed by atoms with E-state index in [4.69, 9.17) is 15.0 Å². The van der Waals surface area contributed by atoms with Crippen molar-refractivity contribution in [1.29, 1.82) is 0 Å². The van der Waals surface area contributed by atoms with Gasteiger partial charge in [-0.1, -0.05) is 52.5 Å². The Morgan fingerprint density at radius 2 is 1.98 bits per heavy atom. The first kappa shape index (κ1) is 33.0. The number of nitrogens with two attached hydrogens (primary N) is 1. The minimum absolute atomic E-state index is 0.00987. The minimum atomic E-state index is -0.776. The number of allylic oxidation sites excluding steroid dienone is 2. The van der Waals surface area contributed by atoms with E-state index in [9.17, 15) is 19.7 Å². The van der Waals surface area contributed by atoms with Crippen LogP contribution in [-0.4, -0.2) is 54.0 Å². The number of nitro groups is 1. The highest BCUT2D eigenvalue weighted by Crippen LogP contribution is 2.65. The fourth-order valence-corrected chi connectivity index (χ4v) is 6.97. The van der Waals surface area contributed by atoms with Gasteiger partial charge in [-0.25, -0.2) is 15.1 Å².